The third kappa shape index (κ3) is 3.94. The monoisotopic (exact) mass is 568 g/mol. The van der Waals surface area contributed by atoms with Crippen molar-refractivity contribution in [2.24, 2.45) is 50.2 Å². The molecule has 0 aromatic carbocycles. The van der Waals surface area contributed by atoms with Crippen molar-refractivity contribution < 1.29 is 29.3 Å². The quantitative estimate of drug-likeness (QED) is 0.217. The molecule has 0 spiro atoms. The number of ether oxygens (including phenoxy) is 1. The molecular formula is C35H52O6. The number of rotatable bonds is 4. The van der Waals surface area contributed by atoms with Gasteiger partial charge in [0.25, 0.3) is 0 Å². The second-order valence-corrected chi connectivity index (χ2v) is 16.1. The zero-order chi connectivity index (χ0) is 30.4. The summed E-state index contributed by atoms with van der Waals surface area (Å²) in [5.74, 6) is -0.772. The number of aliphatic hydroxyl groups is 1. The fraction of sp³-hybridized carbons (Fsp3) is 0.800. The highest BCUT2D eigenvalue weighted by molar-refractivity contribution is 5.88. The highest BCUT2D eigenvalue weighted by atomic mass is 16.5. The molecule has 0 bridgehead atoms. The predicted molar refractivity (Wildman–Crippen MR) is 158 cm³/mol. The van der Waals surface area contributed by atoms with E-state index in [1.807, 2.05) is 6.92 Å². The van der Waals surface area contributed by atoms with E-state index in [1.54, 1.807) is 19.9 Å². The summed E-state index contributed by atoms with van der Waals surface area (Å²) < 4.78 is 6.12. The van der Waals surface area contributed by atoms with Crippen molar-refractivity contribution in [3.05, 3.63) is 23.3 Å². The molecule has 5 aliphatic rings. The minimum atomic E-state index is -1.14. The first-order valence-corrected chi connectivity index (χ1v) is 15.9. The second-order valence-electron chi connectivity index (χ2n) is 16.1. The van der Waals surface area contributed by atoms with Gasteiger partial charge in [0.15, 0.2) is 0 Å². The number of aliphatic carboxylic acids is 1. The molecule has 3 unspecified atom stereocenters. The Morgan fingerprint density at radius 2 is 1.71 bits per heavy atom. The highest BCUT2D eigenvalue weighted by Crippen LogP contribution is 2.75. The van der Waals surface area contributed by atoms with Gasteiger partial charge in [0.05, 0.1) is 12.0 Å². The fourth-order valence-corrected chi connectivity index (χ4v) is 11.1. The normalized spacial score (nSPS) is 47.2. The van der Waals surface area contributed by atoms with Crippen LogP contribution in [0.2, 0.25) is 0 Å². The molecule has 0 amide bonds. The van der Waals surface area contributed by atoms with Crippen LogP contribution in [0.5, 0.6) is 0 Å². The predicted octanol–water partition coefficient (Wildman–Crippen LogP) is 6.90. The summed E-state index contributed by atoms with van der Waals surface area (Å²) in [5.41, 5.74) is -0.555. The molecule has 0 aromatic rings. The van der Waals surface area contributed by atoms with Crippen LogP contribution in [0.1, 0.15) is 113 Å². The minimum absolute atomic E-state index is 0.0565. The van der Waals surface area contributed by atoms with Crippen molar-refractivity contribution >= 4 is 17.7 Å². The van der Waals surface area contributed by atoms with Gasteiger partial charge in [-0.15, -0.1) is 0 Å². The van der Waals surface area contributed by atoms with E-state index in [4.69, 9.17) is 4.74 Å². The second kappa shape index (κ2) is 9.53. The van der Waals surface area contributed by atoms with Crippen LogP contribution in [0.3, 0.4) is 0 Å². The van der Waals surface area contributed by atoms with Crippen molar-refractivity contribution in [2.45, 2.75) is 119 Å². The van der Waals surface area contributed by atoms with Crippen LogP contribution in [-0.4, -0.2) is 40.6 Å². The molecule has 5 rings (SSSR count). The van der Waals surface area contributed by atoms with Crippen molar-refractivity contribution in [3.63, 3.8) is 0 Å². The topological polar surface area (TPSA) is 101 Å². The molecule has 6 nitrogen and oxygen atoms in total. The number of allylic oxidation sites excluding steroid dienone is 3. The van der Waals surface area contributed by atoms with Crippen LogP contribution < -0.4 is 0 Å². The van der Waals surface area contributed by atoms with E-state index in [-0.39, 0.29) is 45.9 Å². The van der Waals surface area contributed by atoms with E-state index in [9.17, 15) is 24.6 Å². The minimum Gasteiger partial charge on any atom is -0.481 e. The molecule has 2 N–H and O–H groups in total. The van der Waals surface area contributed by atoms with Gasteiger partial charge in [-0.25, -0.2) is 4.79 Å². The number of carboxylic acid groups (broad SMARTS) is 1. The van der Waals surface area contributed by atoms with Crippen LogP contribution in [0.4, 0.5) is 0 Å². The van der Waals surface area contributed by atoms with Crippen LogP contribution in [0.25, 0.3) is 0 Å². The summed E-state index contributed by atoms with van der Waals surface area (Å²) in [7, 11) is 0. The van der Waals surface area contributed by atoms with E-state index in [0.29, 0.717) is 30.8 Å². The SMILES string of the molecule is C/C=C(/C)C(=O)O[C@@H]1CC(C)(C)CC2C3=CCC4[C@@]5(C)CCC(=O)[C@](C)(CO)C5CC[C@@]4(C)[C@]3(C)CC[C@]21C(=O)O. The first-order chi connectivity index (χ1) is 19.0. The molecule has 0 heterocycles. The zero-order valence-electron chi connectivity index (χ0n) is 26.6. The Balaban J connectivity index is 1.60. The number of fused-ring (bicyclic) bond motifs is 7. The van der Waals surface area contributed by atoms with Gasteiger partial charge in [-0.2, -0.15) is 0 Å². The van der Waals surface area contributed by atoms with Gasteiger partial charge in [-0.05, 0) is 98.7 Å². The van der Waals surface area contributed by atoms with Gasteiger partial charge in [0.2, 0.25) is 0 Å². The molecule has 0 aliphatic heterocycles. The Morgan fingerprint density at radius 1 is 1.02 bits per heavy atom. The molecule has 228 valence electrons. The van der Waals surface area contributed by atoms with Crippen molar-refractivity contribution in [1.82, 2.24) is 0 Å². The zero-order valence-corrected chi connectivity index (χ0v) is 26.6. The Kier molecular flexibility index (Phi) is 7.09. The highest BCUT2D eigenvalue weighted by Gasteiger charge is 2.71. The summed E-state index contributed by atoms with van der Waals surface area (Å²) in [5, 5.41) is 21.4. The van der Waals surface area contributed by atoms with Crippen LogP contribution in [0.15, 0.2) is 23.3 Å². The first kappa shape index (κ1) is 30.5. The molecular weight excluding hydrogens is 516 g/mol. The summed E-state index contributed by atoms with van der Waals surface area (Å²) in [6.45, 7) is 17.0. The lowest BCUT2D eigenvalue weighted by Gasteiger charge is -2.70. The molecule has 5 aliphatic carbocycles. The van der Waals surface area contributed by atoms with E-state index in [2.05, 4.69) is 40.7 Å². The number of carboxylic acids is 1. The number of esters is 1. The summed E-state index contributed by atoms with van der Waals surface area (Å²) in [4.78, 5) is 39.5. The van der Waals surface area contributed by atoms with E-state index < -0.39 is 28.9 Å². The molecule has 9 atom stereocenters. The van der Waals surface area contributed by atoms with E-state index in [0.717, 1.165) is 38.5 Å². The first-order valence-electron chi connectivity index (χ1n) is 15.9. The third-order valence-corrected chi connectivity index (χ3v) is 13.9. The van der Waals surface area contributed by atoms with E-state index >= 15 is 0 Å². The van der Waals surface area contributed by atoms with Crippen LogP contribution >= 0.6 is 0 Å². The number of Topliss-reactive ketones (excluding diaryl/α,β-unsaturated/α-hetero) is 1. The van der Waals surface area contributed by atoms with Gasteiger partial charge >= 0.3 is 11.9 Å². The average molecular weight is 569 g/mol. The van der Waals surface area contributed by atoms with Gasteiger partial charge in [0, 0.05) is 17.9 Å². The number of hydrogen-bond donors (Lipinski definition) is 2. The van der Waals surface area contributed by atoms with Crippen LogP contribution in [0, 0.1) is 50.2 Å². The number of aliphatic hydroxyl groups excluding tert-OH is 1. The van der Waals surface area contributed by atoms with E-state index in [1.165, 1.54) is 5.57 Å². The molecule has 6 heteroatoms. The lowest BCUT2D eigenvalue weighted by atomic mass is 9.33. The number of carbonyl (C=O) groups is 3. The summed E-state index contributed by atoms with van der Waals surface area (Å²) in [6, 6.07) is 0. The Hall–Kier alpha value is -1.95. The maximum Gasteiger partial charge on any atom is 0.333 e. The van der Waals surface area contributed by atoms with Crippen LogP contribution in [-0.2, 0) is 19.1 Å². The Bertz CT molecular complexity index is 1210. The molecule has 4 saturated carbocycles. The van der Waals surface area contributed by atoms with Crippen molar-refractivity contribution in [3.8, 4) is 0 Å². The summed E-state index contributed by atoms with van der Waals surface area (Å²) >= 11 is 0. The molecule has 41 heavy (non-hydrogen) atoms. The standard InChI is InChI=1S/C35H52O6/c1-9-21(2)28(38)41-27-19-30(3,4)18-23-22-10-11-25-31(5)14-13-26(37)32(6,20-36)24(31)12-15-34(25,8)33(22,7)16-17-35(23,27)29(39)40/h9-10,23-25,27,36H,11-20H2,1-8H3,(H,39,40)/b21-9-/t23?,24?,25?,27-,31+,32-,33-,34-,35+/m1/s1. The number of ketones is 1. The molecule has 0 radical (unpaired) electrons. The molecule has 4 fully saturated rings. The largest absolute Gasteiger partial charge is 0.481 e. The molecule has 0 saturated heterocycles. The van der Waals surface area contributed by atoms with Gasteiger partial charge in [0.1, 0.15) is 17.3 Å². The number of hydrogen-bond acceptors (Lipinski definition) is 5. The maximum atomic E-state index is 13.4. The lowest BCUT2D eigenvalue weighted by Crippen LogP contribution is -2.67. The maximum absolute atomic E-state index is 13.4. The smallest absolute Gasteiger partial charge is 0.333 e. The van der Waals surface area contributed by atoms with Gasteiger partial charge in [-0.3, -0.25) is 9.59 Å². The van der Waals surface area contributed by atoms with Crippen molar-refractivity contribution in [1.29, 1.82) is 0 Å². The van der Waals surface area contributed by atoms with Gasteiger partial charge < -0.3 is 14.9 Å². The number of carbonyl (C=O) groups excluding carboxylic acids is 2. The Labute approximate surface area is 246 Å². The molecule has 0 aromatic heterocycles. The summed E-state index contributed by atoms with van der Waals surface area (Å²) in [6.07, 6.45) is 10.0. The fourth-order valence-electron chi connectivity index (χ4n) is 11.1. The lowest BCUT2D eigenvalue weighted by molar-refractivity contribution is -0.208. The Morgan fingerprint density at radius 3 is 2.32 bits per heavy atom. The van der Waals surface area contributed by atoms with Crippen molar-refractivity contribution in [2.75, 3.05) is 6.61 Å². The van der Waals surface area contributed by atoms with Gasteiger partial charge in [-0.1, -0.05) is 59.3 Å². The third-order valence-electron chi connectivity index (χ3n) is 13.9. The average Bonchev–Trinajstić information content (AvgIpc) is 2.90.